The molecule has 0 aromatic heterocycles. The zero-order valence-corrected chi connectivity index (χ0v) is 13.3. The molecule has 0 radical (unpaired) electrons. The highest BCUT2D eigenvalue weighted by atomic mass is 35.5. The number of benzene rings is 1. The van der Waals surface area contributed by atoms with Crippen LogP contribution in [0, 0.1) is 5.92 Å². The Balaban J connectivity index is 2.43. The lowest BCUT2D eigenvalue weighted by Gasteiger charge is -2.18. The Bertz CT molecular complexity index is 360. The summed E-state index contributed by atoms with van der Waals surface area (Å²) >= 11 is 6.04. The molecule has 20 heavy (non-hydrogen) atoms. The molecule has 0 saturated heterocycles. The second-order valence-corrected chi connectivity index (χ2v) is 5.32. The fourth-order valence-electron chi connectivity index (χ4n) is 2.15. The smallest absolute Gasteiger partial charge is 0.0587 e. The average Bonchev–Trinajstić information content (AvgIpc) is 2.43. The Morgan fingerprint density at radius 1 is 1.30 bits per heavy atom. The number of rotatable bonds is 11. The van der Waals surface area contributed by atoms with Crippen molar-refractivity contribution in [2.75, 3.05) is 40.0 Å². The molecule has 0 fully saturated rings. The van der Waals surface area contributed by atoms with Gasteiger partial charge in [0, 0.05) is 31.9 Å². The third-order valence-corrected chi connectivity index (χ3v) is 3.44. The summed E-state index contributed by atoms with van der Waals surface area (Å²) < 4.78 is 10.5. The van der Waals surface area contributed by atoms with E-state index in [0.29, 0.717) is 5.92 Å². The van der Waals surface area contributed by atoms with Crippen LogP contribution in [0.5, 0.6) is 0 Å². The van der Waals surface area contributed by atoms with Crippen LogP contribution in [0.15, 0.2) is 24.3 Å². The fourth-order valence-corrected chi connectivity index (χ4v) is 2.36. The number of nitrogens with one attached hydrogen (secondary N) is 1. The largest absolute Gasteiger partial charge is 0.383 e. The van der Waals surface area contributed by atoms with Crippen molar-refractivity contribution in [1.82, 2.24) is 5.32 Å². The summed E-state index contributed by atoms with van der Waals surface area (Å²) in [6, 6.07) is 8.10. The van der Waals surface area contributed by atoms with Gasteiger partial charge in [0.2, 0.25) is 0 Å². The van der Waals surface area contributed by atoms with Crippen LogP contribution in [0.4, 0.5) is 0 Å². The molecular weight excluding hydrogens is 274 g/mol. The highest BCUT2D eigenvalue weighted by Crippen LogP contribution is 2.16. The molecule has 114 valence electrons. The molecule has 0 aliphatic heterocycles. The van der Waals surface area contributed by atoms with E-state index in [4.69, 9.17) is 21.1 Å². The van der Waals surface area contributed by atoms with E-state index in [1.807, 2.05) is 25.1 Å². The standard InChI is InChI=1S/C16H26ClNO2/c1-3-20-9-7-15(13-18-8-10-19-2)11-14-5-4-6-16(17)12-14/h4-6,12,15,18H,3,7-11,13H2,1-2H3. The summed E-state index contributed by atoms with van der Waals surface area (Å²) in [5.41, 5.74) is 1.28. The van der Waals surface area contributed by atoms with Crippen molar-refractivity contribution in [3.8, 4) is 0 Å². The van der Waals surface area contributed by atoms with Crippen molar-refractivity contribution < 1.29 is 9.47 Å². The van der Waals surface area contributed by atoms with Gasteiger partial charge in [0.1, 0.15) is 0 Å². The zero-order chi connectivity index (χ0) is 14.6. The Morgan fingerprint density at radius 3 is 2.85 bits per heavy atom. The van der Waals surface area contributed by atoms with Gasteiger partial charge in [-0.05, 0) is 49.9 Å². The first-order valence-electron chi connectivity index (χ1n) is 7.28. The summed E-state index contributed by atoms with van der Waals surface area (Å²) in [6.07, 6.45) is 2.08. The van der Waals surface area contributed by atoms with Gasteiger partial charge in [-0.2, -0.15) is 0 Å². The predicted octanol–water partition coefficient (Wildman–Crippen LogP) is 3.16. The van der Waals surface area contributed by atoms with Crippen LogP contribution < -0.4 is 5.32 Å². The zero-order valence-electron chi connectivity index (χ0n) is 12.5. The van der Waals surface area contributed by atoms with Gasteiger partial charge in [-0.15, -0.1) is 0 Å². The molecule has 3 nitrogen and oxygen atoms in total. The Labute approximate surface area is 127 Å². The van der Waals surface area contributed by atoms with Crippen LogP contribution in [0.1, 0.15) is 18.9 Å². The lowest BCUT2D eigenvalue weighted by molar-refractivity contribution is 0.130. The van der Waals surface area contributed by atoms with Gasteiger partial charge >= 0.3 is 0 Å². The Hall–Kier alpha value is -0.610. The summed E-state index contributed by atoms with van der Waals surface area (Å²) in [4.78, 5) is 0. The summed E-state index contributed by atoms with van der Waals surface area (Å²) in [7, 11) is 1.72. The normalized spacial score (nSPS) is 12.6. The number of hydrogen-bond donors (Lipinski definition) is 1. The lowest BCUT2D eigenvalue weighted by Crippen LogP contribution is -2.28. The van der Waals surface area contributed by atoms with Gasteiger partial charge in [0.15, 0.2) is 0 Å². The third kappa shape index (κ3) is 7.85. The van der Waals surface area contributed by atoms with Gasteiger partial charge in [-0.1, -0.05) is 23.7 Å². The first-order chi connectivity index (χ1) is 9.76. The third-order valence-electron chi connectivity index (χ3n) is 3.20. The number of halogens is 1. The number of methoxy groups -OCH3 is 1. The molecule has 1 aromatic carbocycles. The molecule has 0 heterocycles. The van der Waals surface area contributed by atoms with Crippen molar-refractivity contribution in [2.45, 2.75) is 19.8 Å². The highest BCUT2D eigenvalue weighted by molar-refractivity contribution is 6.30. The maximum atomic E-state index is 6.04. The van der Waals surface area contributed by atoms with Crippen LogP contribution in [-0.4, -0.2) is 40.0 Å². The minimum absolute atomic E-state index is 0.553. The van der Waals surface area contributed by atoms with Crippen LogP contribution in [0.25, 0.3) is 0 Å². The van der Waals surface area contributed by atoms with Crippen LogP contribution in [0.3, 0.4) is 0 Å². The maximum absolute atomic E-state index is 6.04. The molecule has 0 aliphatic rings. The number of ether oxygens (including phenoxy) is 2. The van der Waals surface area contributed by atoms with Gasteiger partial charge < -0.3 is 14.8 Å². The van der Waals surface area contributed by atoms with Crippen molar-refractivity contribution in [1.29, 1.82) is 0 Å². The summed E-state index contributed by atoms with van der Waals surface area (Å²) in [5.74, 6) is 0.553. The second-order valence-electron chi connectivity index (χ2n) is 4.88. The monoisotopic (exact) mass is 299 g/mol. The molecular formula is C16H26ClNO2. The predicted molar refractivity (Wildman–Crippen MR) is 84.5 cm³/mol. The molecule has 1 rings (SSSR count). The minimum atomic E-state index is 0.553. The molecule has 0 spiro atoms. The van der Waals surface area contributed by atoms with E-state index in [9.17, 15) is 0 Å². The molecule has 0 bridgehead atoms. The molecule has 1 aromatic rings. The van der Waals surface area contributed by atoms with Gasteiger partial charge in [0.05, 0.1) is 6.61 Å². The number of hydrogen-bond acceptors (Lipinski definition) is 3. The van der Waals surface area contributed by atoms with E-state index in [1.165, 1.54) is 5.56 Å². The van der Waals surface area contributed by atoms with Crippen molar-refractivity contribution >= 4 is 11.6 Å². The maximum Gasteiger partial charge on any atom is 0.0587 e. The highest BCUT2D eigenvalue weighted by Gasteiger charge is 2.10. The van der Waals surface area contributed by atoms with Gasteiger partial charge in [0.25, 0.3) is 0 Å². The topological polar surface area (TPSA) is 30.5 Å². The lowest BCUT2D eigenvalue weighted by atomic mass is 9.96. The Morgan fingerprint density at radius 2 is 2.15 bits per heavy atom. The van der Waals surface area contributed by atoms with Gasteiger partial charge in [-0.3, -0.25) is 0 Å². The average molecular weight is 300 g/mol. The second kappa shape index (κ2) is 11.1. The van der Waals surface area contributed by atoms with E-state index in [2.05, 4.69) is 11.4 Å². The van der Waals surface area contributed by atoms with Gasteiger partial charge in [-0.25, -0.2) is 0 Å². The fraction of sp³-hybridized carbons (Fsp3) is 0.625. The minimum Gasteiger partial charge on any atom is -0.383 e. The SMILES string of the molecule is CCOCCC(CNCCOC)Cc1cccc(Cl)c1. The summed E-state index contributed by atoms with van der Waals surface area (Å²) in [5, 5.41) is 4.24. The quantitative estimate of drug-likeness (QED) is 0.637. The van der Waals surface area contributed by atoms with E-state index in [0.717, 1.165) is 50.8 Å². The molecule has 1 atom stereocenters. The van der Waals surface area contributed by atoms with Crippen molar-refractivity contribution in [3.63, 3.8) is 0 Å². The molecule has 4 heteroatoms. The van der Waals surface area contributed by atoms with Crippen LogP contribution in [-0.2, 0) is 15.9 Å². The van der Waals surface area contributed by atoms with Crippen LogP contribution >= 0.6 is 11.6 Å². The van der Waals surface area contributed by atoms with E-state index < -0.39 is 0 Å². The Kier molecular flexibility index (Phi) is 9.67. The molecule has 0 aliphatic carbocycles. The summed E-state index contributed by atoms with van der Waals surface area (Å²) in [6.45, 7) is 6.23. The molecule has 1 N–H and O–H groups in total. The first kappa shape index (κ1) is 17.4. The van der Waals surface area contributed by atoms with E-state index in [-0.39, 0.29) is 0 Å². The molecule has 0 amide bonds. The molecule has 0 saturated carbocycles. The van der Waals surface area contributed by atoms with Crippen molar-refractivity contribution in [2.24, 2.45) is 5.92 Å². The van der Waals surface area contributed by atoms with Crippen LogP contribution in [0.2, 0.25) is 5.02 Å². The van der Waals surface area contributed by atoms with Crippen molar-refractivity contribution in [3.05, 3.63) is 34.9 Å². The molecule has 1 unspecified atom stereocenters. The first-order valence-corrected chi connectivity index (χ1v) is 7.66. The van der Waals surface area contributed by atoms with E-state index >= 15 is 0 Å². The van der Waals surface area contributed by atoms with E-state index in [1.54, 1.807) is 7.11 Å².